The van der Waals surface area contributed by atoms with Crippen molar-refractivity contribution in [1.82, 2.24) is 4.98 Å². The second kappa shape index (κ2) is 6.50. The highest BCUT2D eigenvalue weighted by molar-refractivity contribution is 9.10. The van der Waals surface area contributed by atoms with Crippen LogP contribution in [0, 0.1) is 6.92 Å². The Labute approximate surface area is 137 Å². The molecule has 2 N–H and O–H groups in total. The van der Waals surface area contributed by atoms with E-state index in [1.807, 2.05) is 37.3 Å². The fourth-order valence-electron chi connectivity index (χ4n) is 2.42. The first kappa shape index (κ1) is 15.1. The van der Waals surface area contributed by atoms with Gasteiger partial charge in [-0.15, -0.1) is 0 Å². The summed E-state index contributed by atoms with van der Waals surface area (Å²) in [7, 11) is 0. The van der Waals surface area contributed by atoms with E-state index in [1.54, 1.807) is 0 Å². The fraction of sp³-hybridized carbons (Fsp3) is 0.235. The number of halogens is 1. The molecule has 0 saturated heterocycles. The third kappa shape index (κ3) is 3.31. The van der Waals surface area contributed by atoms with Crippen LogP contribution in [0.2, 0.25) is 0 Å². The predicted octanol–water partition coefficient (Wildman–Crippen LogP) is 4.57. The summed E-state index contributed by atoms with van der Waals surface area (Å²) >= 11 is 3.41. The van der Waals surface area contributed by atoms with Gasteiger partial charge in [0.05, 0.1) is 0 Å². The SMILES string of the molecule is Cc1cc(CCCO)c2oc(Nc3ccc(Br)cc3)nc2c1. The van der Waals surface area contributed by atoms with Crippen LogP contribution >= 0.6 is 15.9 Å². The second-order valence-corrected chi connectivity index (χ2v) is 6.17. The van der Waals surface area contributed by atoms with Gasteiger partial charge in [0, 0.05) is 16.8 Å². The largest absolute Gasteiger partial charge is 0.423 e. The molecule has 22 heavy (non-hydrogen) atoms. The second-order valence-electron chi connectivity index (χ2n) is 5.25. The quantitative estimate of drug-likeness (QED) is 0.699. The van der Waals surface area contributed by atoms with Gasteiger partial charge >= 0.3 is 0 Å². The Kier molecular flexibility index (Phi) is 4.45. The van der Waals surface area contributed by atoms with Crippen molar-refractivity contribution in [2.75, 3.05) is 11.9 Å². The summed E-state index contributed by atoms with van der Waals surface area (Å²) in [4.78, 5) is 4.51. The Morgan fingerprint density at radius 1 is 1.23 bits per heavy atom. The van der Waals surface area contributed by atoms with Crippen LogP contribution in [-0.2, 0) is 6.42 Å². The minimum atomic E-state index is 0.174. The molecule has 0 spiro atoms. The number of anilines is 2. The molecule has 1 heterocycles. The first-order chi connectivity index (χ1) is 10.7. The van der Waals surface area contributed by atoms with Crippen molar-refractivity contribution in [3.05, 3.63) is 52.0 Å². The van der Waals surface area contributed by atoms with Gasteiger partial charge in [-0.05, 0) is 61.2 Å². The number of hydrogen-bond acceptors (Lipinski definition) is 4. The maximum absolute atomic E-state index is 9.03. The summed E-state index contributed by atoms with van der Waals surface area (Å²) in [6.45, 7) is 2.21. The fourth-order valence-corrected chi connectivity index (χ4v) is 2.69. The number of hydrogen-bond donors (Lipinski definition) is 2. The number of benzene rings is 2. The van der Waals surface area contributed by atoms with E-state index in [2.05, 4.69) is 32.3 Å². The summed E-state index contributed by atoms with van der Waals surface area (Å²) in [6, 6.07) is 12.4. The van der Waals surface area contributed by atoms with E-state index in [1.165, 1.54) is 0 Å². The van der Waals surface area contributed by atoms with Crippen LogP contribution in [0.3, 0.4) is 0 Å². The van der Waals surface area contributed by atoms with Crippen molar-refractivity contribution in [3.8, 4) is 0 Å². The molecule has 4 nitrogen and oxygen atoms in total. The molecule has 0 bridgehead atoms. The topological polar surface area (TPSA) is 58.3 Å². The number of nitrogens with one attached hydrogen (secondary N) is 1. The highest BCUT2D eigenvalue weighted by atomic mass is 79.9. The van der Waals surface area contributed by atoms with Gasteiger partial charge in [-0.3, -0.25) is 0 Å². The van der Waals surface area contributed by atoms with Gasteiger partial charge in [-0.2, -0.15) is 4.98 Å². The number of aromatic nitrogens is 1. The monoisotopic (exact) mass is 360 g/mol. The summed E-state index contributed by atoms with van der Waals surface area (Å²) in [6.07, 6.45) is 1.50. The van der Waals surface area contributed by atoms with Crippen LogP contribution in [-0.4, -0.2) is 16.7 Å². The molecule has 0 fully saturated rings. The van der Waals surface area contributed by atoms with Gasteiger partial charge in [0.25, 0.3) is 6.01 Å². The van der Waals surface area contributed by atoms with Gasteiger partial charge in [-0.1, -0.05) is 22.0 Å². The number of fused-ring (bicyclic) bond motifs is 1. The van der Waals surface area contributed by atoms with Gasteiger partial charge < -0.3 is 14.8 Å². The maximum atomic E-state index is 9.03. The molecule has 0 saturated carbocycles. The lowest BCUT2D eigenvalue weighted by atomic mass is 10.1. The van der Waals surface area contributed by atoms with Gasteiger partial charge in [0.15, 0.2) is 5.58 Å². The molecular weight excluding hydrogens is 344 g/mol. The Morgan fingerprint density at radius 2 is 2.00 bits per heavy atom. The molecule has 5 heteroatoms. The Hall–Kier alpha value is -1.85. The maximum Gasteiger partial charge on any atom is 0.300 e. The van der Waals surface area contributed by atoms with Gasteiger partial charge in [0.2, 0.25) is 0 Å². The summed E-state index contributed by atoms with van der Waals surface area (Å²) in [5.74, 6) is 0. The van der Waals surface area contributed by atoms with E-state index >= 15 is 0 Å². The molecule has 0 unspecified atom stereocenters. The molecule has 2 aromatic carbocycles. The van der Waals surface area contributed by atoms with Crippen LogP contribution in [0.4, 0.5) is 11.7 Å². The summed E-state index contributed by atoms with van der Waals surface area (Å²) < 4.78 is 6.90. The van der Waals surface area contributed by atoms with E-state index in [4.69, 9.17) is 9.52 Å². The van der Waals surface area contributed by atoms with E-state index in [9.17, 15) is 0 Å². The highest BCUT2D eigenvalue weighted by Gasteiger charge is 2.11. The van der Waals surface area contributed by atoms with Gasteiger partial charge in [-0.25, -0.2) is 0 Å². The number of aryl methyl sites for hydroxylation is 2. The van der Waals surface area contributed by atoms with Crippen LogP contribution in [0.25, 0.3) is 11.1 Å². The first-order valence-corrected chi connectivity index (χ1v) is 7.98. The van der Waals surface area contributed by atoms with E-state index in [-0.39, 0.29) is 6.61 Å². The Balaban J connectivity index is 1.93. The average Bonchev–Trinajstić information content (AvgIpc) is 2.89. The number of nitrogens with zero attached hydrogens (tertiary/aromatic N) is 1. The molecule has 0 amide bonds. The minimum Gasteiger partial charge on any atom is -0.423 e. The third-order valence-electron chi connectivity index (χ3n) is 3.41. The molecule has 0 atom stereocenters. The van der Waals surface area contributed by atoms with E-state index in [0.29, 0.717) is 12.4 Å². The highest BCUT2D eigenvalue weighted by Crippen LogP contribution is 2.27. The number of aliphatic hydroxyl groups excluding tert-OH is 1. The first-order valence-electron chi connectivity index (χ1n) is 7.19. The minimum absolute atomic E-state index is 0.174. The average molecular weight is 361 g/mol. The molecule has 0 aliphatic carbocycles. The molecule has 3 aromatic rings. The molecule has 3 rings (SSSR count). The smallest absolute Gasteiger partial charge is 0.300 e. The van der Waals surface area contributed by atoms with Gasteiger partial charge in [0.1, 0.15) is 5.52 Å². The lowest BCUT2D eigenvalue weighted by molar-refractivity contribution is 0.288. The van der Waals surface area contributed by atoms with E-state index in [0.717, 1.165) is 38.8 Å². The zero-order valence-electron chi connectivity index (χ0n) is 12.3. The van der Waals surface area contributed by atoms with Crippen LogP contribution in [0.1, 0.15) is 17.5 Å². The van der Waals surface area contributed by atoms with Crippen molar-refractivity contribution in [3.63, 3.8) is 0 Å². The van der Waals surface area contributed by atoms with Crippen molar-refractivity contribution >= 4 is 38.7 Å². The summed E-state index contributed by atoms with van der Waals surface area (Å²) in [5, 5.41) is 12.2. The molecule has 0 aliphatic heterocycles. The zero-order chi connectivity index (χ0) is 15.5. The van der Waals surface area contributed by atoms with Crippen molar-refractivity contribution in [1.29, 1.82) is 0 Å². The Morgan fingerprint density at radius 3 is 2.73 bits per heavy atom. The normalized spacial score (nSPS) is 11.0. The van der Waals surface area contributed by atoms with Crippen molar-refractivity contribution in [2.24, 2.45) is 0 Å². The van der Waals surface area contributed by atoms with E-state index < -0.39 is 0 Å². The standard InChI is InChI=1S/C17H17BrN2O2/c1-11-9-12(3-2-8-21)16-15(10-11)20-17(22-16)19-14-6-4-13(18)5-7-14/h4-7,9-10,21H,2-3,8H2,1H3,(H,19,20). The van der Waals surface area contributed by atoms with Crippen LogP contribution in [0.15, 0.2) is 45.3 Å². The molecular formula is C17H17BrN2O2. The zero-order valence-corrected chi connectivity index (χ0v) is 13.9. The van der Waals surface area contributed by atoms with Crippen LogP contribution in [0.5, 0.6) is 0 Å². The predicted molar refractivity (Wildman–Crippen MR) is 91.6 cm³/mol. The van der Waals surface area contributed by atoms with Crippen LogP contribution < -0.4 is 5.32 Å². The number of oxazole rings is 1. The molecule has 0 aliphatic rings. The van der Waals surface area contributed by atoms with Crippen molar-refractivity contribution in [2.45, 2.75) is 19.8 Å². The Bertz CT molecular complexity index is 781. The number of aliphatic hydroxyl groups is 1. The number of rotatable bonds is 5. The van der Waals surface area contributed by atoms with Crippen molar-refractivity contribution < 1.29 is 9.52 Å². The molecule has 1 aromatic heterocycles. The molecule has 0 radical (unpaired) electrons. The lowest BCUT2D eigenvalue weighted by Gasteiger charge is -2.02. The summed E-state index contributed by atoms with van der Waals surface area (Å²) in [5.41, 5.74) is 4.78. The lowest BCUT2D eigenvalue weighted by Crippen LogP contribution is -1.91. The third-order valence-corrected chi connectivity index (χ3v) is 3.94. The molecule has 114 valence electrons.